The van der Waals surface area contributed by atoms with Crippen molar-refractivity contribution in [2.75, 3.05) is 0 Å². The van der Waals surface area contributed by atoms with Crippen molar-refractivity contribution in [3.63, 3.8) is 0 Å². The summed E-state index contributed by atoms with van der Waals surface area (Å²) in [6.45, 7) is 0. The number of allylic oxidation sites excluding steroid dienone is 2. The number of dihydropyridines is 1. The highest BCUT2D eigenvalue weighted by atomic mass is 127. The second kappa shape index (κ2) is 2.90. The van der Waals surface area contributed by atoms with Crippen LogP contribution >= 0.6 is 34.2 Å². The van der Waals surface area contributed by atoms with Gasteiger partial charge in [-0.15, -0.1) is 0 Å². The highest BCUT2D eigenvalue weighted by Gasteiger charge is 2.10. The standard InChI is InChI=1S/C5H6ClIN2/c6-3-1-2-9-5(8)4(3)7/h1-2,5,9H,8H2. The van der Waals surface area contributed by atoms with Crippen molar-refractivity contribution in [2.45, 2.75) is 6.17 Å². The number of rotatable bonds is 0. The fourth-order valence-electron chi connectivity index (χ4n) is 0.526. The molecule has 0 aromatic carbocycles. The Labute approximate surface area is 72.3 Å². The first kappa shape index (κ1) is 7.37. The van der Waals surface area contributed by atoms with Crippen molar-refractivity contribution in [3.8, 4) is 0 Å². The van der Waals surface area contributed by atoms with Crippen molar-refractivity contribution in [2.24, 2.45) is 5.73 Å². The fraction of sp³-hybridized carbons (Fsp3) is 0.200. The van der Waals surface area contributed by atoms with Gasteiger partial charge in [0.05, 0.1) is 5.03 Å². The van der Waals surface area contributed by atoms with Crippen LogP contribution in [0.1, 0.15) is 0 Å². The van der Waals surface area contributed by atoms with Gasteiger partial charge in [-0.05, 0) is 34.9 Å². The second-order valence-corrected chi connectivity index (χ2v) is 3.24. The first-order valence-corrected chi connectivity index (χ1v) is 3.91. The van der Waals surface area contributed by atoms with Gasteiger partial charge in [0.2, 0.25) is 0 Å². The van der Waals surface area contributed by atoms with Crippen LogP contribution < -0.4 is 11.1 Å². The first-order valence-electron chi connectivity index (χ1n) is 2.45. The van der Waals surface area contributed by atoms with Crippen LogP contribution in [0, 0.1) is 0 Å². The number of nitrogens with one attached hydrogen (secondary N) is 1. The van der Waals surface area contributed by atoms with Gasteiger partial charge in [-0.1, -0.05) is 11.6 Å². The van der Waals surface area contributed by atoms with Gasteiger partial charge in [0.15, 0.2) is 0 Å². The molecular formula is C5H6ClIN2. The highest BCUT2D eigenvalue weighted by Crippen LogP contribution is 2.21. The summed E-state index contributed by atoms with van der Waals surface area (Å²) in [6.07, 6.45) is 3.41. The molecule has 1 heterocycles. The maximum Gasteiger partial charge on any atom is 0.107 e. The summed E-state index contributed by atoms with van der Waals surface area (Å²) >= 11 is 7.85. The Morgan fingerprint density at radius 2 is 2.44 bits per heavy atom. The molecule has 3 N–H and O–H groups in total. The van der Waals surface area contributed by atoms with E-state index in [-0.39, 0.29) is 6.17 Å². The predicted octanol–water partition coefficient (Wildman–Crippen LogP) is 1.27. The lowest BCUT2D eigenvalue weighted by Gasteiger charge is -2.15. The first-order chi connectivity index (χ1) is 4.22. The Morgan fingerprint density at radius 1 is 1.78 bits per heavy atom. The SMILES string of the molecule is NC1NC=CC(Cl)=C1I. The number of nitrogens with two attached hydrogens (primary N) is 1. The molecule has 9 heavy (non-hydrogen) atoms. The van der Waals surface area contributed by atoms with E-state index in [0.717, 1.165) is 8.61 Å². The molecule has 2 nitrogen and oxygen atoms in total. The van der Waals surface area contributed by atoms with Gasteiger partial charge in [-0.3, -0.25) is 0 Å². The van der Waals surface area contributed by atoms with Gasteiger partial charge in [0, 0.05) is 3.58 Å². The van der Waals surface area contributed by atoms with Crippen molar-refractivity contribution in [1.29, 1.82) is 0 Å². The minimum absolute atomic E-state index is 0.122. The average Bonchev–Trinajstić information content (AvgIpc) is 1.83. The highest BCUT2D eigenvalue weighted by molar-refractivity contribution is 14.1. The van der Waals surface area contributed by atoms with Gasteiger partial charge in [-0.25, -0.2) is 0 Å². The molecule has 50 valence electrons. The number of hydrogen-bond acceptors (Lipinski definition) is 2. The Hall–Kier alpha value is 0.260. The zero-order valence-electron chi connectivity index (χ0n) is 4.57. The minimum Gasteiger partial charge on any atom is -0.372 e. The summed E-state index contributed by atoms with van der Waals surface area (Å²) in [6, 6.07) is 0. The normalized spacial score (nSPS) is 26.3. The molecule has 1 aliphatic heterocycles. The van der Waals surface area contributed by atoms with E-state index in [0.29, 0.717) is 0 Å². The molecule has 0 aromatic heterocycles. The van der Waals surface area contributed by atoms with E-state index >= 15 is 0 Å². The molecule has 0 bridgehead atoms. The quantitative estimate of drug-likeness (QED) is 0.641. The summed E-state index contributed by atoms with van der Waals surface area (Å²) < 4.78 is 0.955. The topological polar surface area (TPSA) is 38.0 Å². The zero-order valence-corrected chi connectivity index (χ0v) is 7.48. The van der Waals surface area contributed by atoms with Crippen LogP contribution in [0.2, 0.25) is 0 Å². The fourth-order valence-corrected chi connectivity index (χ4v) is 1.07. The van der Waals surface area contributed by atoms with E-state index in [9.17, 15) is 0 Å². The van der Waals surface area contributed by atoms with Gasteiger partial charge in [0.25, 0.3) is 0 Å². The van der Waals surface area contributed by atoms with Crippen molar-refractivity contribution < 1.29 is 0 Å². The molecule has 0 aliphatic carbocycles. The summed E-state index contributed by atoms with van der Waals surface area (Å²) in [5, 5.41) is 3.63. The molecule has 1 unspecified atom stereocenters. The van der Waals surface area contributed by atoms with E-state index in [1.807, 2.05) is 0 Å². The molecular weight excluding hydrogens is 250 g/mol. The van der Waals surface area contributed by atoms with Crippen molar-refractivity contribution in [3.05, 3.63) is 20.9 Å². The summed E-state index contributed by atoms with van der Waals surface area (Å²) in [4.78, 5) is 0. The third-order valence-corrected chi connectivity index (χ3v) is 2.91. The zero-order chi connectivity index (χ0) is 6.85. The lowest BCUT2D eigenvalue weighted by atomic mass is 10.3. The summed E-state index contributed by atoms with van der Waals surface area (Å²) in [5.74, 6) is 0. The van der Waals surface area contributed by atoms with Crippen LogP contribution in [0.15, 0.2) is 20.9 Å². The summed E-state index contributed by atoms with van der Waals surface area (Å²) in [5.41, 5.74) is 5.56. The maximum absolute atomic E-state index is 5.73. The predicted molar refractivity (Wildman–Crippen MR) is 47.2 cm³/mol. The molecule has 4 heteroatoms. The van der Waals surface area contributed by atoms with Crippen LogP contribution in [0.3, 0.4) is 0 Å². The molecule has 0 saturated heterocycles. The number of halogens is 2. The van der Waals surface area contributed by atoms with Crippen LogP contribution in [0.5, 0.6) is 0 Å². The maximum atomic E-state index is 5.73. The third-order valence-electron chi connectivity index (χ3n) is 1.01. The van der Waals surface area contributed by atoms with Crippen LogP contribution in [0.25, 0.3) is 0 Å². The van der Waals surface area contributed by atoms with Crippen molar-refractivity contribution >= 4 is 34.2 Å². The van der Waals surface area contributed by atoms with E-state index < -0.39 is 0 Å². The molecule has 0 spiro atoms. The molecule has 1 atom stereocenters. The lowest BCUT2D eigenvalue weighted by Crippen LogP contribution is -2.35. The van der Waals surface area contributed by atoms with E-state index in [1.54, 1.807) is 12.3 Å². The largest absolute Gasteiger partial charge is 0.372 e. The average molecular weight is 256 g/mol. The Balaban J connectivity index is 2.83. The van der Waals surface area contributed by atoms with Crippen LogP contribution in [-0.2, 0) is 0 Å². The molecule has 0 saturated carbocycles. The van der Waals surface area contributed by atoms with E-state index in [2.05, 4.69) is 27.9 Å². The Kier molecular flexibility index (Phi) is 2.37. The Bertz CT molecular complexity index is 176. The smallest absolute Gasteiger partial charge is 0.107 e. The van der Waals surface area contributed by atoms with Crippen molar-refractivity contribution in [1.82, 2.24) is 5.32 Å². The van der Waals surface area contributed by atoms with Crippen LogP contribution in [-0.4, -0.2) is 6.17 Å². The van der Waals surface area contributed by atoms with Gasteiger partial charge in [-0.2, -0.15) is 0 Å². The Morgan fingerprint density at radius 3 is 2.89 bits per heavy atom. The van der Waals surface area contributed by atoms with Gasteiger partial charge in [0.1, 0.15) is 6.17 Å². The third kappa shape index (κ3) is 1.59. The summed E-state index contributed by atoms with van der Waals surface area (Å²) in [7, 11) is 0. The van der Waals surface area contributed by atoms with E-state index in [4.69, 9.17) is 17.3 Å². The second-order valence-electron chi connectivity index (χ2n) is 1.67. The molecule has 1 aliphatic rings. The monoisotopic (exact) mass is 256 g/mol. The lowest BCUT2D eigenvalue weighted by molar-refractivity contribution is 0.721. The molecule has 1 rings (SSSR count). The minimum atomic E-state index is -0.122. The molecule has 0 aromatic rings. The molecule has 0 amide bonds. The molecule has 0 radical (unpaired) electrons. The number of hydrogen-bond donors (Lipinski definition) is 2. The van der Waals surface area contributed by atoms with E-state index in [1.165, 1.54) is 0 Å². The van der Waals surface area contributed by atoms with Gasteiger partial charge < -0.3 is 11.1 Å². The van der Waals surface area contributed by atoms with Gasteiger partial charge >= 0.3 is 0 Å². The molecule has 0 fully saturated rings. The van der Waals surface area contributed by atoms with Crippen LogP contribution in [0.4, 0.5) is 0 Å².